The van der Waals surface area contributed by atoms with Gasteiger partial charge in [0.2, 0.25) is 5.91 Å². The van der Waals surface area contributed by atoms with Crippen LogP contribution in [0, 0.1) is 11.7 Å². The third-order valence-electron chi connectivity index (χ3n) is 5.47. The van der Waals surface area contributed by atoms with Gasteiger partial charge in [0.1, 0.15) is 11.5 Å². The number of aromatic nitrogens is 1. The molecule has 0 unspecified atom stereocenters. The molecule has 2 heterocycles. The van der Waals surface area contributed by atoms with Crippen LogP contribution >= 0.6 is 0 Å². The van der Waals surface area contributed by atoms with E-state index in [0.29, 0.717) is 31.7 Å². The van der Waals surface area contributed by atoms with Crippen molar-refractivity contribution in [2.45, 2.75) is 19.3 Å². The van der Waals surface area contributed by atoms with E-state index in [-0.39, 0.29) is 23.5 Å². The van der Waals surface area contributed by atoms with Crippen LogP contribution in [0.3, 0.4) is 0 Å². The van der Waals surface area contributed by atoms with E-state index in [1.54, 1.807) is 17.0 Å². The molecule has 1 aliphatic heterocycles. The van der Waals surface area contributed by atoms with E-state index in [1.165, 1.54) is 12.1 Å². The minimum absolute atomic E-state index is 0.0266. The van der Waals surface area contributed by atoms with E-state index in [2.05, 4.69) is 10.3 Å². The molecule has 1 fully saturated rings. The molecule has 1 saturated heterocycles. The number of rotatable bonds is 5. The zero-order valence-corrected chi connectivity index (χ0v) is 16.2. The van der Waals surface area contributed by atoms with Gasteiger partial charge in [0.15, 0.2) is 0 Å². The Bertz CT molecular complexity index is 979. The number of hydrogen-bond acceptors (Lipinski definition) is 2. The van der Waals surface area contributed by atoms with Crippen LogP contribution in [-0.2, 0) is 11.2 Å². The van der Waals surface area contributed by atoms with Gasteiger partial charge in [0.25, 0.3) is 5.91 Å². The first-order valence-corrected chi connectivity index (χ1v) is 9.99. The highest BCUT2D eigenvalue weighted by Gasteiger charge is 2.29. The molecule has 29 heavy (non-hydrogen) atoms. The molecule has 4 rings (SSSR count). The van der Waals surface area contributed by atoms with Crippen molar-refractivity contribution in [1.29, 1.82) is 0 Å². The lowest BCUT2D eigenvalue weighted by molar-refractivity contribution is -0.126. The molecule has 0 bridgehead atoms. The van der Waals surface area contributed by atoms with Crippen molar-refractivity contribution >= 4 is 22.7 Å². The Labute approximate surface area is 168 Å². The Morgan fingerprint density at radius 3 is 2.72 bits per heavy atom. The molecule has 5 nitrogen and oxygen atoms in total. The first-order chi connectivity index (χ1) is 14.1. The van der Waals surface area contributed by atoms with Crippen molar-refractivity contribution in [1.82, 2.24) is 15.2 Å². The summed E-state index contributed by atoms with van der Waals surface area (Å²) >= 11 is 0. The van der Waals surface area contributed by atoms with Gasteiger partial charge in [-0.2, -0.15) is 0 Å². The average molecular weight is 393 g/mol. The molecule has 150 valence electrons. The fourth-order valence-corrected chi connectivity index (χ4v) is 3.86. The minimum atomic E-state index is -0.264. The van der Waals surface area contributed by atoms with Gasteiger partial charge in [0, 0.05) is 30.5 Å². The summed E-state index contributed by atoms with van der Waals surface area (Å²) in [6.07, 6.45) is 2.23. The predicted octanol–water partition coefficient (Wildman–Crippen LogP) is 3.52. The van der Waals surface area contributed by atoms with Crippen LogP contribution < -0.4 is 5.32 Å². The number of nitrogens with one attached hydrogen (secondary N) is 2. The monoisotopic (exact) mass is 393 g/mol. The van der Waals surface area contributed by atoms with Gasteiger partial charge < -0.3 is 15.2 Å². The van der Waals surface area contributed by atoms with E-state index in [1.807, 2.05) is 30.3 Å². The Kier molecular flexibility index (Phi) is 5.60. The smallest absolute Gasteiger partial charge is 0.270 e. The molecule has 2 aromatic carbocycles. The lowest BCUT2D eigenvalue weighted by atomic mass is 9.96. The number of nitrogens with zero attached hydrogens (tertiary/aromatic N) is 1. The van der Waals surface area contributed by atoms with Crippen LogP contribution in [-0.4, -0.2) is 41.3 Å². The summed E-state index contributed by atoms with van der Waals surface area (Å²) in [6, 6.07) is 15.9. The fourth-order valence-electron chi connectivity index (χ4n) is 3.86. The minimum Gasteiger partial charge on any atom is -0.355 e. The number of carbonyl (C=O) groups excluding carboxylic acids is 2. The predicted molar refractivity (Wildman–Crippen MR) is 110 cm³/mol. The maximum Gasteiger partial charge on any atom is 0.270 e. The Morgan fingerprint density at radius 1 is 1.14 bits per heavy atom. The van der Waals surface area contributed by atoms with Crippen molar-refractivity contribution in [2.75, 3.05) is 19.6 Å². The molecule has 0 radical (unpaired) electrons. The van der Waals surface area contributed by atoms with Crippen molar-refractivity contribution in [2.24, 2.45) is 5.92 Å². The summed E-state index contributed by atoms with van der Waals surface area (Å²) in [5.41, 5.74) is 2.47. The molecule has 6 heteroatoms. The zero-order chi connectivity index (χ0) is 20.2. The zero-order valence-electron chi connectivity index (χ0n) is 16.2. The fraction of sp³-hybridized carbons (Fsp3) is 0.304. The van der Waals surface area contributed by atoms with E-state index < -0.39 is 0 Å². The summed E-state index contributed by atoms with van der Waals surface area (Å²) in [7, 11) is 0. The van der Waals surface area contributed by atoms with E-state index in [0.717, 1.165) is 29.3 Å². The molecule has 1 atom stereocenters. The highest BCUT2D eigenvalue weighted by molar-refractivity contribution is 5.98. The van der Waals surface area contributed by atoms with E-state index in [4.69, 9.17) is 0 Å². The quantitative estimate of drug-likeness (QED) is 0.697. The standard InChI is InChI=1S/C23H24FN3O2/c24-19-9-7-16(8-10-19)11-12-25-22(28)18-5-3-13-27(15-18)23(29)21-14-17-4-1-2-6-20(17)26-21/h1-2,4,6-10,14,18,26H,3,5,11-13,15H2,(H,25,28)/t18-/m0/s1. The lowest BCUT2D eigenvalue weighted by Crippen LogP contribution is -2.45. The number of halogens is 1. The van der Waals surface area contributed by atoms with E-state index >= 15 is 0 Å². The number of para-hydroxylation sites is 1. The maximum atomic E-state index is 13.0. The second kappa shape index (κ2) is 8.47. The van der Waals surface area contributed by atoms with Crippen molar-refractivity contribution < 1.29 is 14.0 Å². The van der Waals surface area contributed by atoms with Crippen LogP contribution in [0.25, 0.3) is 10.9 Å². The van der Waals surface area contributed by atoms with Gasteiger partial charge in [-0.25, -0.2) is 4.39 Å². The van der Waals surface area contributed by atoms with Crippen molar-refractivity contribution in [3.63, 3.8) is 0 Å². The summed E-state index contributed by atoms with van der Waals surface area (Å²) in [5.74, 6) is -0.559. The molecule has 0 aliphatic carbocycles. The molecule has 1 aromatic heterocycles. The second-order valence-electron chi connectivity index (χ2n) is 7.53. The number of aromatic amines is 1. The SMILES string of the molecule is O=C(NCCc1ccc(F)cc1)[C@H]1CCCN(C(=O)c2cc3ccccc3[nH]2)C1. The van der Waals surface area contributed by atoms with Crippen molar-refractivity contribution in [3.8, 4) is 0 Å². The number of likely N-dealkylation sites (tertiary alicyclic amines) is 1. The van der Waals surface area contributed by atoms with Gasteiger partial charge in [0.05, 0.1) is 5.92 Å². The van der Waals surface area contributed by atoms with Gasteiger partial charge in [-0.05, 0) is 49.1 Å². The number of piperidine rings is 1. The van der Waals surface area contributed by atoms with Gasteiger partial charge in [-0.15, -0.1) is 0 Å². The normalized spacial score (nSPS) is 16.7. The number of hydrogen-bond donors (Lipinski definition) is 2. The molecular weight excluding hydrogens is 369 g/mol. The highest BCUT2D eigenvalue weighted by Crippen LogP contribution is 2.21. The molecular formula is C23H24FN3O2. The molecule has 2 amide bonds. The third kappa shape index (κ3) is 4.47. The van der Waals surface area contributed by atoms with Crippen molar-refractivity contribution in [3.05, 3.63) is 71.7 Å². The number of fused-ring (bicyclic) bond motifs is 1. The molecule has 0 spiro atoms. The van der Waals surface area contributed by atoms with Crippen LogP contribution in [0.15, 0.2) is 54.6 Å². The van der Waals surface area contributed by atoms with Crippen LogP contribution in [0.1, 0.15) is 28.9 Å². The Hall–Kier alpha value is -3.15. The molecule has 0 saturated carbocycles. The number of benzene rings is 2. The van der Waals surface area contributed by atoms with Crippen LogP contribution in [0.2, 0.25) is 0 Å². The first kappa shape index (κ1) is 19.2. The first-order valence-electron chi connectivity index (χ1n) is 9.99. The van der Waals surface area contributed by atoms with Gasteiger partial charge in [-0.1, -0.05) is 30.3 Å². The Morgan fingerprint density at radius 2 is 1.93 bits per heavy atom. The number of H-pyrrole nitrogens is 1. The summed E-state index contributed by atoms with van der Waals surface area (Å²) in [4.78, 5) is 30.4. The topological polar surface area (TPSA) is 65.2 Å². The highest BCUT2D eigenvalue weighted by atomic mass is 19.1. The summed E-state index contributed by atoms with van der Waals surface area (Å²) in [6.45, 7) is 1.58. The van der Waals surface area contributed by atoms with Crippen LogP contribution in [0.4, 0.5) is 4.39 Å². The largest absolute Gasteiger partial charge is 0.355 e. The third-order valence-corrected chi connectivity index (χ3v) is 5.47. The number of carbonyl (C=O) groups is 2. The number of amides is 2. The van der Waals surface area contributed by atoms with E-state index in [9.17, 15) is 14.0 Å². The van der Waals surface area contributed by atoms with Gasteiger partial charge in [-0.3, -0.25) is 9.59 Å². The van der Waals surface area contributed by atoms with Gasteiger partial charge >= 0.3 is 0 Å². The Balaban J connectivity index is 1.32. The van der Waals surface area contributed by atoms with Crippen LogP contribution in [0.5, 0.6) is 0 Å². The molecule has 1 aliphatic rings. The average Bonchev–Trinajstić information content (AvgIpc) is 3.19. The molecule has 2 N–H and O–H groups in total. The lowest BCUT2D eigenvalue weighted by Gasteiger charge is -2.31. The second-order valence-corrected chi connectivity index (χ2v) is 7.53. The maximum absolute atomic E-state index is 13.0. The molecule has 3 aromatic rings. The summed E-state index contributed by atoms with van der Waals surface area (Å²) < 4.78 is 13.0. The summed E-state index contributed by atoms with van der Waals surface area (Å²) in [5, 5.41) is 3.96.